The van der Waals surface area contributed by atoms with Crippen molar-refractivity contribution in [3.63, 3.8) is 0 Å². The molecular formula is C16H31N3O. The molecule has 0 aliphatic carbocycles. The summed E-state index contributed by atoms with van der Waals surface area (Å²) in [5, 5.41) is 3.37. The number of nitrogens with zero attached hydrogens (tertiary/aromatic N) is 2. The maximum absolute atomic E-state index is 12.4. The van der Waals surface area contributed by atoms with Crippen molar-refractivity contribution in [2.75, 3.05) is 39.8 Å². The second-order valence-corrected chi connectivity index (χ2v) is 6.47. The molecule has 0 spiro atoms. The molecule has 2 rings (SSSR count). The van der Waals surface area contributed by atoms with Gasteiger partial charge in [0, 0.05) is 32.6 Å². The summed E-state index contributed by atoms with van der Waals surface area (Å²) in [4.78, 5) is 17.0. The molecular weight excluding hydrogens is 250 g/mol. The molecule has 0 atom stereocenters. The largest absolute Gasteiger partial charge is 0.343 e. The Bertz CT molecular complexity index is 294. The van der Waals surface area contributed by atoms with Crippen LogP contribution < -0.4 is 5.32 Å². The number of rotatable bonds is 5. The van der Waals surface area contributed by atoms with Crippen LogP contribution in [0.25, 0.3) is 0 Å². The molecule has 0 aromatic heterocycles. The van der Waals surface area contributed by atoms with Crippen LogP contribution in [0.2, 0.25) is 0 Å². The molecule has 4 heteroatoms. The van der Waals surface area contributed by atoms with Gasteiger partial charge >= 0.3 is 0 Å². The highest BCUT2D eigenvalue weighted by Crippen LogP contribution is 2.20. The summed E-state index contributed by atoms with van der Waals surface area (Å²) in [6.07, 6.45) is 6.61. The lowest BCUT2D eigenvalue weighted by molar-refractivity contribution is -0.134. The summed E-state index contributed by atoms with van der Waals surface area (Å²) < 4.78 is 0. The van der Waals surface area contributed by atoms with Crippen molar-refractivity contribution in [1.82, 2.24) is 15.1 Å². The second-order valence-electron chi connectivity index (χ2n) is 6.47. The van der Waals surface area contributed by atoms with E-state index in [9.17, 15) is 4.79 Å². The molecule has 0 bridgehead atoms. The number of amides is 1. The molecule has 0 aromatic rings. The zero-order valence-electron chi connectivity index (χ0n) is 13.2. The van der Waals surface area contributed by atoms with Crippen molar-refractivity contribution in [2.24, 2.45) is 5.92 Å². The van der Waals surface area contributed by atoms with Crippen LogP contribution in [0.1, 0.15) is 45.4 Å². The molecule has 1 N–H and O–H groups in total. The Morgan fingerprint density at radius 1 is 1.20 bits per heavy atom. The molecule has 0 saturated carbocycles. The van der Waals surface area contributed by atoms with Gasteiger partial charge in [-0.3, -0.25) is 4.79 Å². The molecule has 0 unspecified atom stereocenters. The molecule has 2 aliphatic heterocycles. The molecule has 2 aliphatic rings. The summed E-state index contributed by atoms with van der Waals surface area (Å²) in [5.41, 5.74) is 0. The molecule has 0 aromatic carbocycles. The quantitative estimate of drug-likeness (QED) is 0.833. The van der Waals surface area contributed by atoms with Gasteiger partial charge < -0.3 is 15.1 Å². The number of nitrogens with one attached hydrogen (secondary N) is 1. The number of likely N-dealkylation sites (tertiary alicyclic amines) is 1. The molecule has 0 radical (unpaired) electrons. The van der Waals surface area contributed by atoms with Crippen LogP contribution in [0, 0.1) is 5.92 Å². The standard InChI is InChI=1S/C16H31N3O/c1-3-10-19-11-6-15(7-12-19)18(2)16(20)13-14-4-8-17-9-5-14/h14-15,17H,3-13H2,1-2H3. The predicted molar refractivity (Wildman–Crippen MR) is 82.7 cm³/mol. The fourth-order valence-electron chi connectivity index (χ4n) is 3.53. The van der Waals surface area contributed by atoms with Crippen LogP contribution in [-0.4, -0.2) is 61.5 Å². The zero-order valence-corrected chi connectivity index (χ0v) is 13.2. The normalized spacial score (nSPS) is 22.9. The van der Waals surface area contributed by atoms with E-state index in [-0.39, 0.29) is 0 Å². The first-order valence-electron chi connectivity index (χ1n) is 8.39. The van der Waals surface area contributed by atoms with Gasteiger partial charge in [0.15, 0.2) is 0 Å². The van der Waals surface area contributed by atoms with Crippen LogP contribution >= 0.6 is 0 Å². The third-order valence-corrected chi connectivity index (χ3v) is 4.96. The maximum Gasteiger partial charge on any atom is 0.222 e. The van der Waals surface area contributed by atoms with Gasteiger partial charge in [0.1, 0.15) is 0 Å². The predicted octanol–water partition coefficient (Wildman–Crippen LogP) is 1.71. The van der Waals surface area contributed by atoms with E-state index in [0.717, 1.165) is 58.3 Å². The molecule has 2 fully saturated rings. The minimum Gasteiger partial charge on any atom is -0.343 e. The van der Waals surface area contributed by atoms with E-state index in [4.69, 9.17) is 0 Å². The number of hydrogen-bond acceptors (Lipinski definition) is 3. The number of piperidine rings is 2. The molecule has 116 valence electrons. The van der Waals surface area contributed by atoms with Crippen LogP contribution in [0.4, 0.5) is 0 Å². The first-order valence-corrected chi connectivity index (χ1v) is 8.39. The van der Waals surface area contributed by atoms with Gasteiger partial charge in [-0.1, -0.05) is 6.92 Å². The smallest absolute Gasteiger partial charge is 0.222 e. The Kier molecular flexibility index (Phi) is 6.30. The highest BCUT2D eigenvalue weighted by Gasteiger charge is 2.26. The number of carbonyl (C=O) groups is 1. The average Bonchev–Trinajstić information content (AvgIpc) is 2.48. The Hall–Kier alpha value is -0.610. The Balaban J connectivity index is 1.73. The van der Waals surface area contributed by atoms with Crippen molar-refractivity contribution in [1.29, 1.82) is 0 Å². The molecule has 20 heavy (non-hydrogen) atoms. The van der Waals surface area contributed by atoms with E-state index in [1.165, 1.54) is 13.0 Å². The topological polar surface area (TPSA) is 35.6 Å². The Labute approximate surface area is 123 Å². The summed E-state index contributed by atoms with van der Waals surface area (Å²) in [6, 6.07) is 0.470. The van der Waals surface area contributed by atoms with Crippen LogP contribution in [0.5, 0.6) is 0 Å². The summed E-state index contributed by atoms with van der Waals surface area (Å²) >= 11 is 0. The monoisotopic (exact) mass is 281 g/mol. The van der Waals surface area contributed by atoms with Gasteiger partial charge in [-0.15, -0.1) is 0 Å². The third-order valence-electron chi connectivity index (χ3n) is 4.96. The summed E-state index contributed by atoms with van der Waals surface area (Å²) in [7, 11) is 2.02. The Morgan fingerprint density at radius 3 is 2.45 bits per heavy atom. The van der Waals surface area contributed by atoms with Crippen LogP contribution in [-0.2, 0) is 4.79 Å². The van der Waals surface area contributed by atoms with E-state index >= 15 is 0 Å². The zero-order chi connectivity index (χ0) is 14.4. The first kappa shape index (κ1) is 15.8. The van der Waals surface area contributed by atoms with Crippen molar-refractivity contribution in [3.8, 4) is 0 Å². The van der Waals surface area contributed by atoms with Gasteiger partial charge in [0.05, 0.1) is 0 Å². The third kappa shape index (κ3) is 4.45. The minimum atomic E-state index is 0.367. The van der Waals surface area contributed by atoms with E-state index in [2.05, 4.69) is 17.1 Å². The van der Waals surface area contributed by atoms with E-state index in [1.807, 2.05) is 11.9 Å². The fourth-order valence-corrected chi connectivity index (χ4v) is 3.53. The summed E-state index contributed by atoms with van der Waals surface area (Å²) in [5.74, 6) is 0.970. The molecule has 2 saturated heterocycles. The van der Waals surface area contributed by atoms with Crippen molar-refractivity contribution in [2.45, 2.75) is 51.5 Å². The first-order chi connectivity index (χ1) is 9.70. The maximum atomic E-state index is 12.4. The SMILES string of the molecule is CCCN1CCC(N(C)C(=O)CC2CCNCC2)CC1. The highest BCUT2D eigenvalue weighted by molar-refractivity contribution is 5.76. The van der Waals surface area contributed by atoms with Crippen molar-refractivity contribution >= 4 is 5.91 Å². The Morgan fingerprint density at radius 2 is 1.85 bits per heavy atom. The van der Waals surface area contributed by atoms with Crippen LogP contribution in [0.3, 0.4) is 0 Å². The van der Waals surface area contributed by atoms with Gasteiger partial charge in [0.2, 0.25) is 5.91 Å². The van der Waals surface area contributed by atoms with Crippen molar-refractivity contribution < 1.29 is 4.79 Å². The number of carbonyl (C=O) groups excluding carboxylic acids is 1. The lowest BCUT2D eigenvalue weighted by Gasteiger charge is -2.37. The minimum absolute atomic E-state index is 0.367. The molecule has 2 heterocycles. The lowest BCUT2D eigenvalue weighted by Crippen LogP contribution is -2.46. The molecule has 1 amide bonds. The van der Waals surface area contributed by atoms with Gasteiger partial charge in [-0.25, -0.2) is 0 Å². The highest BCUT2D eigenvalue weighted by atomic mass is 16.2. The van der Waals surface area contributed by atoms with Gasteiger partial charge in [0.25, 0.3) is 0 Å². The van der Waals surface area contributed by atoms with E-state index in [0.29, 0.717) is 17.9 Å². The van der Waals surface area contributed by atoms with Gasteiger partial charge in [-0.2, -0.15) is 0 Å². The average molecular weight is 281 g/mol. The lowest BCUT2D eigenvalue weighted by atomic mass is 9.93. The second kappa shape index (κ2) is 7.99. The number of hydrogen-bond donors (Lipinski definition) is 1. The molecule has 4 nitrogen and oxygen atoms in total. The fraction of sp³-hybridized carbons (Fsp3) is 0.938. The van der Waals surface area contributed by atoms with Crippen LogP contribution in [0.15, 0.2) is 0 Å². The van der Waals surface area contributed by atoms with Crippen molar-refractivity contribution in [3.05, 3.63) is 0 Å². The van der Waals surface area contributed by atoms with E-state index in [1.54, 1.807) is 0 Å². The summed E-state index contributed by atoms with van der Waals surface area (Å²) in [6.45, 7) is 7.92. The van der Waals surface area contributed by atoms with Gasteiger partial charge in [-0.05, 0) is 57.7 Å². The van der Waals surface area contributed by atoms with E-state index < -0.39 is 0 Å².